The van der Waals surface area contributed by atoms with Gasteiger partial charge in [0.25, 0.3) is 5.56 Å². The average Bonchev–Trinajstić information content (AvgIpc) is 3.13. The number of halogens is 1. The van der Waals surface area contributed by atoms with E-state index < -0.39 is 0 Å². The summed E-state index contributed by atoms with van der Waals surface area (Å²) in [6.45, 7) is 5.88. The van der Waals surface area contributed by atoms with E-state index in [0.29, 0.717) is 6.54 Å². The van der Waals surface area contributed by atoms with E-state index in [4.69, 9.17) is 4.98 Å². The van der Waals surface area contributed by atoms with Crippen molar-refractivity contribution in [3.63, 3.8) is 0 Å². The monoisotopic (exact) mass is 412 g/mol. The van der Waals surface area contributed by atoms with E-state index in [1.807, 2.05) is 23.6 Å². The summed E-state index contributed by atoms with van der Waals surface area (Å²) >= 11 is 1.71. The summed E-state index contributed by atoms with van der Waals surface area (Å²) in [5.74, 6) is 0.581. The SMILES string of the molecule is CCn1c(N2CCN(c3ccc(F)cc3)CC2)nc2sc3c(c2c1=O)CCCC3. The van der Waals surface area contributed by atoms with Gasteiger partial charge >= 0.3 is 0 Å². The highest BCUT2D eigenvalue weighted by molar-refractivity contribution is 7.18. The predicted molar refractivity (Wildman–Crippen MR) is 117 cm³/mol. The fraction of sp³-hybridized carbons (Fsp3) is 0.455. The molecule has 1 aliphatic carbocycles. The van der Waals surface area contributed by atoms with E-state index >= 15 is 0 Å². The zero-order chi connectivity index (χ0) is 20.0. The summed E-state index contributed by atoms with van der Waals surface area (Å²) in [7, 11) is 0. The first kappa shape index (κ1) is 18.6. The van der Waals surface area contributed by atoms with Crippen molar-refractivity contribution >= 4 is 33.2 Å². The van der Waals surface area contributed by atoms with Crippen LogP contribution in [0.4, 0.5) is 16.0 Å². The Bertz CT molecular complexity index is 1100. The number of aromatic nitrogens is 2. The van der Waals surface area contributed by atoms with Gasteiger partial charge in [0.1, 0.15) is 10.6 Å². The van der Waals surface area contributed by atoms with Crippen molar-refractivity contribution < 1.29 is 4.39 Å². The Morgan fingerprint density at radius 2 is 1.72 bits per heavy atom. The molecule has 1 aliphatic heterocycles. The van der Waals surface area contributed by atoms with Crippen LogP contribution in [0.2, 0.25) is 0 Å². The summed E-state index contributed by atoms with van der Waals surface area (Å²) < 4.78 is 15.0. The lowest BCUT2D eigenvalue weighted by molar-refractivity contribution is 0.604. The number of nitrogens with zero attached hydrogens (tertiary/aromatic N) is 4. The summed E-state index contributed by atoms with van der Waals surface area (Å²) in [6, 6.07) is 6.66. The van der Waals surface area contributed by atoms with Crippen LogP contribution in [0.1, 0.15) is 30.2 Å². The highest BCUT2D eigenvalue weighted by atomic mass is 32.1. The van der Waals surface area contributed by atoms with Gasteiger partial charge in [0.15, 0.2) is 0 Å². The molecule has 1 aromatic carbocycles. The predicted octanol–water partition coefficient (Wildman–Crippen LogP) is 3.82. The minimum absolute atomic E-state index is 0.118. The second kappa shape index (κ2) is 7.44. The number of rotatable bonds is 3. The zero-order valence-corrected chi connectivity index (χ0v) is 17.5. The van der Waals surface area contributed by atoms with E-state index in [0.717, 1.165) is 67.3 Å². The van der Waals surface area contributed by atoms with Crippen molar-refractivity contribution in [3.8, 4) is 0 Å². The Hall–Kier alpha value is -2.41. The third kappa shape index (κ3) is 3.21. The summed E-state index contributed by atoms with van der Waals surface area (Å²) in [6.07, 6.45) is 4.46. The fourth-order valence-corrected chi connectivity index (χ4v) is 5.82. The van der Waals surface area contributed by atoms with Gasteiger partial charge in [0, 0.05) is 43.3 Å². The van der Waals surface area contributed by atoms with E-state index in [1.165, 1.54) is 29.0 Å². The van der Waals surface area contributed by atoms with Gasteiger partial charge in [-0.3, -0.25) is 9.36 Å². The Morgan fingerprint density at radius 1 is 1.03 bits per heavy atom. The van der Waals surface area contributed by atoms with Gasteiger partial charge in [0.2, 0.25) is 5.95 Å². The zero-order valence-electron chi connectivity index (χ0n) is 16.7. The number of anilines is 2. The number of piperazine rings is 1. The van der Waals surface area contributed by atoms with Gasteiger partial charge in [-0.15, -0.1) is 11.3 Å². The largest absolute Gasteiger partial charge is 0.368 e. The third-order valence-electron chi connectivity index (χ3n) is 6.13. The molecular formula is C22H25FN4OS. The molecule has 0 unspecified atom stereocenters. The van der Waals surface area contributed by atoms with Gasteiger partial charge < -0.3 is 9.80 Å². The lowest BCUT2D eigenvalue weighted by atomic mass is 9.97. The van der Waals surface area contributed by atoms with Crippen LogP contribution < -0.4 is 15.4 Å². The number of fused-ring (bicyclic) bond motifs is 3. The maximum atomic E-state index is 13.3. The van der Waals surface area contributed by atoms with Crippen LogP contribution in [0, 0.1) is 5.82 Å². The normalized spacial score (nSPS) is 17.0. The van der Waals surface area contributed by atoms with Crippen molar-refractivity contribution in [1.29, 1.82) is 0 Å². The minimum Gasteiger partial charge on any atom is -0.368 e. The molecule has 2 aliphatic rings. The van der Waals surface area contributed by atoms with Crippen LogP contribution in [-0.4, -0.2) is 35.7 Å². The molecule has 1 saturated heterocycles. The van der Waals surface area contributed by atoms with Crippen LogP contribution in [0.15, 0.2) is 29.1 Å². The number of hydrogen-bond acceptors (Lipinski definition) is 5. The molecule has 0 N–H and O–H groups in total. The quantitative estimate of drug-likeness (QED) is 0.656. The molecular weight excluding hydrogens is 387 g/mol. The number of hydrogen-bond donors (Lipinski definition) is 0. The van der Waals surface area contributed by atoms with E-state index in [-0.39, 0.29) is 11.4 Å². The molecule has 0 saturated carbocycles. The number of thiophene rings is 1. The van der Waals surface area contributed by atoms with E-state index in [2.05, 4.69) is 9.80 Å². The summed E-state index contributed by atoms with van der Waals surface area (Å²) in [5, 5.41) is 0.861. The number of aryl methyl sites for hydroxylation is 2. The molecule has 0 atom stereocenters. The van der Waals surface area contributed by atoms with Crippen molar-refractivity contribution in [2.75, 3.05) is 36.0 Å². The molecule has 0 spiro atoms. The molecule has 2 aromatic heterocycles. The molecule has 0 bridgehead atoms. The van der Waals surface area contributed by atoms with Crippen molar-refractivity contribution in [2.45, 2.75) is 39.2 Å². The second-order valence-electron chi connectivity index (χ2n) is 7.80. The van der Waals surface area contributed by atoms with Gasteiger partial charge in [-0.25, -0.2) is 9.37 Å². The highest BCUT2D eigenvalue weighted by Crippen LogP contribution is 2.34. The van der Waals surface area contributed by atoms with Gasteiger partial charge in [-0.1, -0.05) is 0 Å². The molecule has 152 valence electrons. The first-order valence-corrected chi connectivity index (χ1v) is 11.3. The average molecular weight is 413 g/mol. The molecule has 3 heterocycles. The van der Waals surface area contributed by atoms with Crippen molar-refractivity contribution in [3.05, 3.63) is 50.9 Å². The summed E-state index contributed by atoms with van der Waals surface area (Å²) in [5.41, 5.74) is 2.41. The first-order chi connectivity index (χ1) is 14.2. The highest BCUT2D eigenvalue weighted by Gasteiger charge is 2.25. The topological polar surface area (TPSA) is 41.4 Å². The van der Waals surface area contributed by atoms with Gasteiger partial charge in [-0.2, -0.15) is 0 Å². The third-order valence-corrected chi connectivity index (χ3v) is 7.31. The van der Waals surface area contributed by atoms with Crippen molar-refractivity contribution in [1.82, 2.24) is 9.55 Å². The first-order valence-electron chi connectivity index (χ1n) is 10.5. The summed E-state index contributed by atoms with van der Waals surface area (Å²) in [4.78, 5) is 25.1. The lowest BCUT2D eigenvalue weighted by Gasteiger charge is -2.37. The smallest absolute Gasteiger partial charge is 0.263 e. The minimum atomic E-state index is -0.213. The second-order valence-corrected chi connectivity index (χ2v) is 8.89. The van der Waals surface area contributed by atoms with Crippen LogP contribution in [-0.2, 0) is 19.4 Å². The Labute approximate surface area is 173 Å². The molecule has 7 heteroatoms. The number of benzene rings is 1. The molecule has 1 fully saturated rings. The molecule has 3 aromatic rings. The molecule has 29 heavy (non-hydrogen) atoms. The fourth-order valence-electron chi connectivity index (χ4n) is 4.57. The van der Waals surface area contributed by atoms with Crippen LogP contribution in [0.3, 0.4) is 0 Å². The maximum Gasteiger partial charge on any atom is 0.263 e. The standard InChI is InChI=1S/C22H25FN4OS/c1-2-27-21(28)19-17-5-3-4-6-18(17)29-20(19)24-22(27)26-13-11-25(12-14-26)16-9-7-15(23)8-10-16/h7-10H,2-6,11-14H2,1H3. The van der Waals surface area contributed by atoms with Crippen LogP contribution in [0.25, 0.3) is 10.2 Å². The van der Waals surface area contributed by atoms with Gasteiger partial charge in [0.05, 0.1) is 5.39 Å². The van der Waals surface area contributed by atoms with E-state index in [1.54, 1.807) is 11.3 Å². The van der Waals surface area contributed by atoms with Crippen LogP contribution >= 0.6 is 11.3 Å². The maximum absolute atomic E-state index is 13.3. The van der Waals surface area contributed by atoms with Gasteiger partial charge in [-0.05, 0) is 62.4 Å². The molecule has 5 rings (SSSR count). The lowest BCUT2D eigenvalue weighted by Crippen LogP contribution is -2.48. The van der Waals surface area contributed by atoms with E-state index in [9.17, 15) is 9.18 Å². The Morgan fingerprint density at radius 3 is 2.45 bits per heavy atom. The van der Waals surface area contributed by atoms with Crippen molar-refractivity contribution in [2.24, 2.45) is 0 Å². The Kier molecular flexibility index (Phi) is 4.78. The molecule has 0 radical (unpaired) electrons. The van der Waals surface area contributed by atoms with Crippen LogP contribution in [0.5, 0.6) is 0 Å². The molecule has 5 nitrogen and oxygen atoms in total. The Balaban J connectivity index is 1.46. The molecule has 0 amide bonds.